The maximum Gasteiger partial charge on any atom is 0.145 e. The van der Waals surface area contributed by atoms with E-state index >= 15 is 0 Å². The molecule has 3 heterocycles. The first-order chi connectivity index (χ1) is 12.4. The van der Waals surface area contributed by atoms with Crippen molar-refractivity contribution in [3.63, 3.8) is 0 Å². The molecule has 0 aliphatic rings. The maximum absolute atomic E-state index is 4.68. The molecule has 3 aromatic carbocycles. The first-order valence-corrected chi connectivity index (χ1v) is 8.50. The van der Waals surface area contributed by atoms with E-state index in [1.165, 1.54) is 43.2 Å². The van der Waals surface area contributed by atoms with E-state index in [0.717, 1.165) is 5.65 Å². The van der Waals surface area contributed by atoms with Crippen LogP contribution in [0.3, 0.4) is 0 Å². The van der Waals surface area contributed by atoms with Crippen LogP contribution in [0, 0.1) is 0 Å². The van der Waals surface area contributed by atoms with Gasteiger partial charge in [0.2, 0.25) is 0 Å². The molecular weight excluding hydrogens is 304 g/mol. The van der Waals surface area contributed by atoms with Crippen molar-refractivity contribution in [2.24, 2.45) is 0 Å². The quantitative estimate of drug-likeness (QED) is 0.316. The second kappa shape index (κ2) is 4.58. The van der Waals surface area contributed by atoms with Gasteiger partial charge in [-0.2, -0.15) is 0 Å². The molecule has 2 heteroatoms. The molecule has 0 fully saturated rings. The summed E-state index contributed by atoms with van der Waals surface area (Å²) < 4.78 is 2.19. The van der Waals surface area contributed by atoms with Gasteiger partial charge < -0.3 is 4.40 Å². The number of rotatable bonds is 0. The predicted molar refractivity (Wildman–Crippen MR) is 105 cm³/mol. The zero-order chi connectivity index (χ0) is 16.4. The summed E-state index contributed by atoms with van der Waals surface area (Å²) in [6.45, 7) is 0. The number of hydrogen-bond donors (Lipinski definition) is 0. The van der Waals surface area contributed by atoms with E-state index in [4.69, 9.17) is 0 Å². The monoisotopic (exact) mass is 318 g/mol. The van der Waals surface area contributed by atoms with Crippen molar-refractivity contribution in [2.45, 2.75) is 0 Å². The Bertz CT molecular complexity index is 1440. The van der Waals surface area contributed by atoms with Gasteiger partial charge in [0, 0.05) is 28.6 Å². The van der Waals surface area contributed by atoms with E-state index in [1.54, 1.807) is 0 Å². The van der Waals surface area contributed by atoms with E-state index in [0.29, 0.717) is 0 Å². The minimum absolute atomic E-state index is 1.01. The highest BCUT2D eigenvalue weighted by molar-refractivity contribution is 6.29. The van der Waals surface area contributed by atoms with Crippen LogP contribution in [0.25, 0.3) is 48.9 Å². The Morgan fingerprint density at radius 1 is 0.600 bits per heavy atom. The molecule has 0 aliphatic carbocycles. The summed E-state index contributed by atoms with van der Waals surface area (Å²) in [6.07, 6.45) is 3.97. The average Bonchev–Trinajstić information content (AvgIpc) is 3.17. The molecule has 2 nitrogen and oxygen atoms in total. The third-order valence-electron chi connectivity index (χ3n) is 5.22. The second-order valence-electron chi connectivity index (χ2n) is 6.51. The lowest BCUT2D eigenvalue weighted by Crippen LogP contribution is -1.93. The maximum atomic E-state index is 4.68. The molecule has 0 atom stereocenters. The van der Waals surface area contributed by atoms with Crippen molar-refractivity contribution in [1.29, 1.82) is 0 Å². The SMILES string of the molecule is c1ccc2c(c1)ccc1ccc3c(c4cccnc4n4cccc34)c12. The molecule has 25 heavy (non-hydrogen) atoms. The topological polar surface area (TPSA) is 17.3 Å². The molecule has 0 radical (unpaired) electrons. The summed E-state index contributed by atoms with van der Waals surface area (Å²) in [7, 11) is 0. The zero-order valence-corrected chi connectivity index (χ0v) is 13.5. The average molecular weight is 318 g/mol. The third kappa shape index (κ3) is 1.61. The van der Waals surface area contributed by atoms with Gasteiger partial charge in [-0.25, -0.2) is 4.98 Å². The third-order valence-corrected chi connectivity index (χ3v) is 5.22. The lowest BCUT2D eigenvalue weighted by Gasteiger charge is -2.13. The highest BCUT2D eigenvalue weighted by atomic mass is 15.0. The van der Waals surface area contributed by atoms with Gasteiger partial charge in [0.15, 0.2) is 0 Å². The second-order valence-corrected chi connectivity index (χ2v) is 6.51. The van der Waals surface area contributed by atoms with Gasteiger partial charge in [-0.15, -0.1) is 0 Å². The van der Waals surface area contributed by atoms with E-state index in [9.17, 15) is 0 Å². The largest absolute Gasteiger partial charge is 0.301 e. The summed E-state index contributed by atoms with van der Waals surface area (Å²) in [5, 5.41) is 8.92. The molecule has 0 amide bonds. The summed E-state index contributed by atoms with van der Waals surface area (Å²) in [5.41, 5.74) is 2.21. The van der Waals surface area contributed by atoms with Gasteiger partial charge in [0.25, 0.3) is 0 Å². The Morgan fingerprint density at radius 3 is 2.44 bits per heavy atom. The Morgan fingerprint density at radius 2 is 1.44 bits per heavy atom. The van der Waals surface area contributed by atoms with Gasteiger partial charge in [0.1, 0.15) is 5.65 Å². The predicted octanol–water partition coefficient (Wildman–Crippen LogP) is 5.95. The fourth-order valence-electron chi connectivity index (χ4n) is 4.16. The van der Waals surface area contributed by atoms with Crippen LogP contribution in [0.2, 0.25) is 0 Å². The van der Waals surface area contributed by atoms with Crippen LogP contribution < -0.4 is 0 Å². The van der Waals surface area contributed by atoms with Gasteiger partial charge in [-0.05, 0) is 45.8 Å². The summed E-state index contributed by atoms with van der Waals surface area (Å²) in [4.78, 5) is 4.68. The van der Waals surface area contributed by atoms with E-state index in [-0.39, 0.29) is 0 Å². The number of hydrogen-bond acceptors (Lipinski definition) is 1. The number of pyridine rings is 2. The highest BCUT2D eigenvalue weighted by Crippen LogP contribution is 2.37. The smallest absolute Gasteiger partial charge is 0.145 e. The van der Waals surface area contributed by atoms with Crippen molar-refractivity contribution in [3.05, 3.63) is 85.2 Å². The molecule has 0 N–H and O–H groups in total. The van der Waals surface area contributed by atoms with E-state index in [1.807, 2.05) is 12.3 Å². The Hall–Kier alpha value is -3.39. The van der Waals surface area contributed by atoms with Gasteiger partial charge in [-0.3, -0.25) is 0 Å². The Kier molecular flexibility index (Phi) is 2.37. The summed E-state index contributed by atoms with van der Waals surface area (Å²) in [5.74, 6) is 0. The molecule has 0 unspecified atom stereocenters. The number of nitrogens with zero attached hydrogens (tertiary/aromatic N) is 2. The molecule has 0 spiro atoms. The molecule has 6 aromatic rings. The molecule has 3 aromatic heterocycles. The van der Waals surface area contributed by atoms with Crippen LogP contribution in [-0.4, -0.2) is 9.38 Å². The zero-order valence-electron chi connectivity index (χ0n) is 13.5. The van der Waals surface area contributed by atoms with E-state index < -0.39 is 0 Å². The van der Waals surface area contributed by atoms with Crippen molar-refractivity contribution in [2.75, 3.05) is 0 Å². The van der Waals surface area contributed by atoms with Crippen molar-refractivity contribution in [1.82, 2.24) is 9.38 Å². The van der Waals surface area contributed by atoms with E-state index in [2.05, 4.69) is 82.3 Å². The molecule has 0 bridgehead atoms. The fraction of sp³-hybridized carbons (Fsp3) is 0. The summed E-state index contributed by atoms with van der Waals surface area (Å²) >= 11 is 0. The number of benzene rings is 3. The van der Waals surface area contributed by atoms with Crippen LogP contribution in [0.15, 0.2) is 85.2 Å². The standard InChI is InChI=1S/C23H14N2/c1-2-6-17-15(5-1)9-10-16-11-12-18-20-8-4-14-25(20)23-19(7-3-13-24-23)22(18)21(16)17/h1-14H. The Labute approximate surface area is 143 Å². The van der Waals surface area contributed by atoms with Crippen molar-refractivity contribution < 1.29 is 0 Å². The molecule has 6 rings (SSSR count). The minimum Gasteiger partial charge on any atom is -0.301 e. The lowest BCUT2D eigenvalue weighted by molar-refractivity contribution is 1.21. The molecule has 0 saturated heterocycles. The van der Waals surface area contributed by atoms with Crippen LogP contribution in [0.4, 0.5) is 0 Å². The van der Waals surface area contributed by atoms with Crippen LogP contribution in [-0.2, 0) is 0 Å². The summed E-state index contributed by atoms with van der Waals surface area (Å²) in [6, 6.07) is 26.0. The highest BCUT2D eigenvalue weighted by Gasteiger charge is 2.13. The Balaban J connectivity index is 2.07. The van der Waals surface area contributed by atoms with Crippen LogP contribution in [0.5, 0.6) is 0 Å². The van der Waals surface area contributed by atoms with Crippen molar-refractivity contribution >= 4 is 48.9 Å². The fourth-order valence-corrected chi connectivity index (χ4v) is 4.16. The van der Waals surface area contributed by atoms with Gasteiger partial charge in [-0.1, -0.05) is 48.5 Å². The van der Waals surface area contributed by atoms with Crippen molar-refractivity contribution in [3.8, 4) is 0 Å². The molecular formula is C23H14N2. The number of aromatic nitrogens is 2. The molecule has 116 valence electrons. The number of fused-ring (bicyclic) bond motifs is 10. The lowest BCUT2D eigenvalue weighted by atomic mass is 9.95. The van der Waals surface area contributed by atoms with Gasteiger partial charge >= 0.3 is 0 Å². The molecule has 0 aliphatic heterocycles. The van der Waals surface area contributed by atoms with Crippen LogP contribution >= 0.6 is 0 Å². The first kappa shape index (κ1) is 13.0. The van der Waals surface area contributed by atoms with Gasteiger partial charge in [0.05, 0.1) is 5.52 Å². The van der Waals surface area contributed by atoms with Crippen LogP contribution in [0.1, 0.15) is 0 Å². The minimum atomic E-state index is 1.01. The normalized spacial score (nSPS) is 12.0. The molecule has 0 saturated carbocycles. The first-order valence-electron chi connectivity index (χ1n) is 8.50.